The lowest BCUT2D eigenvalue weighted by molar-refractivity contribution is -0.117. The SMILES string of the molecule is CC(C)Nc1c(F)c(C(F)F)c(-c2cn3cc(NC(=O)C4CC4F)nc3cn2)c2cn[nH]c12. The minimum atomic E-state index is -3.12. The number of rotatable bonds is 6. The fourth-order valence-corrected chi connectivity index (χ4v) is 3.81. The van der Waals surface area contributed by atoms with Crippen molar-refractivity contribution in [3.8, 4) is 11.3 Å². The Bertz CT molecular complexity index is 1380. The van der Waals surface area contributed by atoms with Crippen molar-refractivity contribution in [2.75, 3.05) is 10.6 Å². The highest BCUT2D eigenvalue weighted by atomic mass is 19.3. The molecule has 2 unspecified atom stereocenters. The summed E-state index contributed by atoms with van der Waals surface area (Å²) in [5.74, 6) is -2.08. The van der Waals surface area contributed by atoms with E-state index in [0.29, 0.717) is 5.65 Å². The van der Waals surface area contributed by atoms with Crippen LogP contribution in [0.15, 0.2) is 24.8 Å². The van der Waals surface area contributed by atoms with Crippen molar-refractivity contribution in [3.63, 3.8) is 0 Å². The summed E-state index contributed by atoms with van der Waals surface area (Å²) in [4.78, 5) is 20.4. The van der Waals surface area contributed by atoms with Gasteiger partial charge in [-0.15, -0.1) is 0 Å². The molecule has 0 bridgehead atoms. The lowest BCUT2D eigenvalue weighted by Gasteiger charge is -2.18. The second-order valence-electron chi connectivity index (χ2n) is 8.25. The molecule has 2 atom stereocenters. The number of aromatic nitrogens is 5. The zero-order chi connectivity index (χ0) is 23.4. The van der Waals surface area contributed by atoms with Crippen molar-refractivity contribution in [1.29, 1.82) is 0 Å². The molecule has 0 radical (unpaired) electrons. The number of H-pyrrole nitrogens is 1. The van der Waals surface area contributed by atoms with Crippen LogP contribution in [0.5, 0.6) is 0 Å². The van der Waals surface area contributed by atoms with E-state index in [4.69, 9.17) is 0 Å². The maximum Gasteiger partial charge on any atom is 0.267 e. The van der Waals surface area contributed by atoms with E-state index in [1.165, 1.54) is 29.2 Å². The third-order valence-corrected chi connectivity index (χ3v) is 5.43. The van der Waals surface area contributed by atoms with Gasteiger partial charge in [-0.2, -0.15) is 5.10 Å². The van der Waals surface area contributed by atoms with Gasteiger partial charge in [0.1, 0.15) is 6.17 Å². The van der Waals surface area contributed by atoms with Gasteiger partial charge < -0.3 is 15.0 Å². The van der Waals surface area contributed by atoms with Crippen LogP contribution in [0.4, 0.5) is 29.1 Å². The second-order valence-corrected chi connectivity index (χ2v) is 8.25. The number of nitrogens with zero attached hydrogens (tertiary/aromatic N) is 4. The Kier molecular flexibility index (Phi) is 4.94. The number of carbonyl (C=O) groups is 1. The minimum Gasteiger partial charge on any atom is -0.379 e. The molecule has 0 spiro atoms. The molecule has 4 aromatic rings. The number of alkyl halides is 3. The predicted molar refractivity (Wildman–Crippen MR) is 113 cm³/mol. The van der Waals surface area contributed by atoms with Gasteiger partial charge in [-0.3, -0.25) is 14.9 Å². The summed E-state index contributed by atoms with van der Waals surface area (Å²) in [6.45, 7) is 3.53. The maximum absolute atomic E-state index is 15.3. The summed E-state index contributed by atoms with van der Waals surface area (Å²) in [6, 6.07) is -0.209. The summed E-state index contributed by atoms with van der Waals surface area (Å²) < 4.78 is 58.0. The number of hydrogen-bond acceptors (Lipinski definition) is 5. The molecule has 1 aliphatic carbocycles. The molecule has 33 heavy (non-hydrogen) atoms. The number of benzene rings is 1. The van der Waals surface area contributed by atoms with Crippen molar-refractivity contribution in [2.24, 2.45) is 5.92 Å². The number of amides is 1. The molecule has 3 heterocycles. The van der Waals surface area contributed by atoms with Crippen LogP contribution in [-0.2, 0) is 4.79 Å². The fraction of sp³-hybridized carbons (Fsp3) is 0.333. The first-order valence-electron chi connectivity index (χ1n) is 10.3. The Hall–Kier alpha value is -3.70. The van der Waals surface area contributed by atoms with E-state index in [1.54, 1.807) is 13.8 Å². The number of carbonyl (C=O) groups excluding carboxylic acids is 1. The van der Waals surface area contributed by atoms with Gasteiger partial charge in [0.15, 0.2) is 17.3 Å². The monoisotopic (exact) mass is 461 g/mol. The van der Waals surface area contributed by atoms with Crippen molar-refractivity contribution in [3.05, 3.63) is 36.2 Å². The number of aromatic amines is 1. The number of imidazole rings is 1. The summed E-state index contributed by atoms with van der Waals surface area (Å²) in [7, 11) is 0. The maximum atomic E-state index is 15.3. The number of fused-ring (bicyclic) bond motifs is 2. The Morgan fingerprint density at radius 2 is 2.03 bits per heavy atom. The quantitative estimate of drug-likeness (QED) is 0.368. The first-order chi connectivity index (χ1) is 15.7. The number of anilines is 2. The first-order valence-corrected chi connectivity index (χ1v) is 10.3. The highest BCUT2D eigenvalue weighted by Gasteiger charge is 2.43. The van der Waals surface area contributed by atoms with Gasteiger partial charge >= 0.3 is 0 Å². The molecule has 12 heteroatoms. The van der Waals surface area contributed by atoms with Crippen LogP contribution in [-0.4, -0.2) is 42.7 Å². The van der Waals surface area contributed by atoms with Crippen LogP contribution >= 0.6 is 0 Å². The summed E-state index contributed by atoms with van der Waals surface area (Å²) in [5.41, 5.74) is -0.346. The standard InChI is InChI=1S/C21H19F4N7O/c1-8(2)28-19-17(23)16(20(24)25)15(10-4-27-31-18(10)19)12-6-32-7-13(29-14(32)5-26-12)30-21(33)9-3-11(9)22/h4-9,11,20,28H,3H2,1-2H3,(H,27,31)(H,30,33). The lowest BCUT2D eigenvalue weighted by Crippen LogP contribution is -2.15. The zero-order valence-corrected chi connectivity index (χ0v) is 17.5. The summed E-state index contributed by atoms with van der Waals surface area (Å²) >= 11 is 0. The molecule has 1 fully saturated rings. The molecule has 1 saturated carbocycles. The van der Waals surface area contributed by atoms with E-state index in [-0.39, 0.29) is 46.1 Å². The molecule has 3 N–H and O–H groups in total. The predicted octanol–water partition coefficient (Wildman–Crippen LogP) is 4.47. The van der Waals surface area contributed by atoms with Crippen LogP contribution in [0.25, 0.3) is 27.8 Å². The normalized spacial score (nSPS) is 17.9. The van der Waals surface area contributed by atoms with Crippen molar-refractivity contribution < 1.29 is 22.4 Å². The van der Waals surface area contributed by atoms with Crippen LogP contribution < -0.4 is 10.6 Å². The van der Waals surface area contributed by atoms with E-state index in [2.05, 4.69) is 30.8 Å². The summed E-state index contributed by atoms with van der Waals surface area (Å²) in [5, 5.41) is 12.3. The Morgan fingerprint density at radius 3 is 2.70 bits per heavy atom. The minimum absolute atomic E-state index is 0.0699. The highest BCUT2D eigenvalue weighted by molar-refractivity contribution is 6.02. The smallest absolute Gasteiger partial charge is 0.267 e. The van der Waals surface area contributed by atoms with Gasteiger partial charge in [-0.25, -0.2) is 22.5 Å². The van der Waals surface area contributed by atoms with E-state index in [0.717, 1.165) is 0 Å². The largest absolute Gasteiger partial charge is 0.379 e. The molecule has 1 aromatic carbocycles. The third kappa shape index (κ3) is 3.64. The van der Waals surface area contributed by atoms with Crippen LogP contribution in [0.2, 0.25) is 0 Å². The first kappa shape index (κ1) is 21.2. The van der Waals surface area contributed by atoms with Crippen molar-refractivity contribution in [1.82, 2.24) is 24.6 Å². The van der Waals surface area contributed by atoms with Gasteiger partial charge in [0, 0.05) is 23.2 Å². The molecular formula is C21H19F4N7O. The Balaban J connectivity index is 1.62. The van der Waals surface area contributed by atoms with Gasteiger partial charge in [-0.05, 0) is 20.3 Å². The molecule has 172 valence electrons. The van der Waals surface area contributed by atoms with Gasteiger partial charge in [0.2, 0.25) is 5.91 Å². The topological polar surface area (TPSA) is 100 Å². The van der Waals surface area contributed by atoms with Crippen LogP contribution in [0.3, 0.4) is 0 Å². The number of hydrogen-bond donors (Lipinski definition) is 3. The second kappa shape index (κ2) is 7.71. The average Bonchev–Trinajstić information content (AvgIpc) is 3.12. The zero-order valence-electron chi connectivity index (χ0n) is 17.5. The van der Waals surface area contributed by atoms with Crippen LogP contribution in [0, 0.1) is 11.7 Å². The number of halogens is 4. The molecule has 1 amide bonds. The lowest BCUT2D eigenvalue weighted by atomic mass is 9.98. The molecule has 0 saturated heterocycles. The van der Waals surface area contributed by atoms with Gasteiger partial charge in [-0.1, -0.05) is 0 Å². The van der Waals surface area contributed by atoms with E-state index < -0.39 is 35.8 Å². The van der Waals surface area contributed by atoms with Gasteiger partial charge in [0.05, 0.1) is 47.0 Å². The third-order valence-electron chi connectivity index (χ3n) is 5.43. The van der Waals surface area contributed by atoms with E-state index in [9.17, 15) is 18.0 Å². The number of nitrogens with one attached hydrogen (secondary N) is 3. The molecule has 5 rings (SSSR count). The van der Waals surface area contributed by atoms with Gasteiger partial charge in [0.25, 0.3) is 6.43 Å². The van der Waals surface area contributed by atoms with Crippen molar-refractivity contribution >= 4 is 34.0 Å². The molecular weight excluding hydrogens is 442 g/mol. The summed E-state index contributed by atoms with van der Waals surface area (Å²) in [6.07, 6.45) is 1.44. The van der Waals surface area contributed by atoms with E-state index >= 15 is 4.39 Å². The highest BCUT2D eigenvalue weighted by Crippen LogP contribution is 2.42. The van der Waals surface area contributed by atoms with Crippen molar-refractivity contribution in [2.45, 2.75) is 38.9 Å². The Morgan fingerprint density at radius 1 is 1.27 bits per heavy atom. The van der Waals surface area contributed by atoms with Crippen LogP contribution in [0.1, 0.15) is 32.3 Å². The molecule has 8 nitrogen and oxygen atoms in total. The Labute approximate surface area is 184 Å². The molecule has 1 aliphatic rings. The fourth-order valence-electron chi connectivity index (χ4n) is 3.81. The molecule has 3 aromatic heterocycles. The average molecular weight is 461 g/mol. The van der Waals surface area contributed by atoms with E-state index in [1.807, 2.05) is 0 Å². The molecule has 0 aliphatic heterocycles.